The number of carbonyl (C=O) groups is 1. The van der Waals surface area contributed by atoms with E-state index in [1.165, 1.54) is 4.90 Å². The van der Waals surface area contributed by atoms with E-state index < -0.39 is 6.10 Å². The molecule has 1 aromatic rings. The monoisotopic (exact) mass is 192 g/mol. The van der Waals surface area contributed by atoms with Gasteiger partial charge in [-0.2, -0.15) is 0 Å². The second kappa shape index (κ2) is 2.97. The van der Waals surface area contributed by atoms with E-state index in [1.807, 2.05) is 13.0 Å². The van der Waals surface area contributed by atoms with Crippen LogP contribution in [0.15, 0.2) is 12.3 Å². The van der Waals surface area contributed by atoms with Crippen molar-refractivity contribution in [2.45, 2.75) is 20.0 Å². The Bertz CT molecular complexity index is 390. The highest BCUT2D eigenvalue weighted by molar-refractivity contribution is 5.98. The number of nitrogens with zero attached hydrogens (tertiary/aromatic N) is 2. The molecule has 0 bridgehead atoms. The first-order chi connectivity index (χ1) is 6.59. The normalized spacial score (nSPS) is 20.4. The van der Waals surface area contributed by atoms with Crippen molar-refractivity contribution in [1.82, 2.24) is 4.98 Å². The average Bonchev–Trinajstić information content (AvgIpc) is 2.14. The van der Waals surface area contributed by atoms with Gasteiger partial charge in [-0.15, -0.1) is 0 Å². The summed E-state index contributed by atoms with van der Waals surface area (Å²) >= 11 is 0. The molecule has 14 heavy (non-hydrogen) atoms. The standard InChI is InChI=1S/C10H12N2O2/c1-6-4-8-9(11-5-6)12(3)10(13)7(2)14-8/h4-5,7H,1-3H3. The molecule has 0 fully saturated rings. The van der Waals surface area contributed by atoms with Crippen molar-refractivity contribution >= 4 is 11.7 Å². The molecule has 0 spiro atoms. The molecule has 2 heterocycles. The molecule has 2 rings (SSSR count). The SMILES string of the molecule is Cc1cnc2c(c1)OC(C)C(=O)N2C. The number of pyridine rings is 1. The molecule has 1 unspecified atom stereocenters. The van der Waals surface area contributed by atoms with E-state index in [-0.39, 0.29) is 5.91 Å². The Morgan fingerprint density at radius 1 is 1.57 bits per heavy atom. The first-order valence-corrected chi connectivity index (χ1v) is 4.50. The second-order valence-electron chi connectivity index (χ2n) is 3.49. The fourth-order valence-corrected chi connectivity index (χ4v) is 1.49. The van der Waals surface area contributed by atoms with Gasteiger partial charge in [-0.1, -0.05) is 0 Å². The first kappa shape index (κ1) is 8.99. The maximum atomic E-state index is 11.5. The highest BCUT2D eigenvalue weighted by Crippen LogP contribution is 2.31. The van der Waals surface area contributed by atoms with Gasteiger partial charge in [0.2, 0.25) is 0 Å². The first-order valence-electron chi connectivity index (χ1n) is 4.50. The lowest BCUT2D eigenvalue weighted by atomic mass is 10.2. The highest BCUT2D eigenvalue weighted by Gasteiger charge is 2.29. The van der Waals surface area contributed by atoms with Crippen LogP contribution in [0.5, 0.6) is 5.75 Å². The molecule has 4 heteroatoms. The van der Waals surface area contributed by atoms with Gasteiger partial charge in [0.15, 0.2) is 17.7 Å². The second-order valence-corrected chi connectivity index (χ2v) is 3.49. The summed E-state index contributed by atoms with van der Waals surface area (Å²) in [6, 6.07) is 1.89. The minimum absolute atomic E-state index is 0.0612. The van der Waals surface area contributed by atoms with E-state index >= 15 is 0 Å². The molecule has 1 amide bonds. The zero-order chi connectivity index (χ0) is 10.3. The van der Waals surface area contributed by atoms with Gasteiger partial charge in [0.05, 0.1) is 0 Å². The predicted octanol–water partition coefficient (Wildman–Crippen LogP) is 1.13. The lowest BCUT2D eigenvalue weighted by molar-refractivity contribution is -0.125. The van der Waals surface area contributed by atoms with E-state index in [0.717, 1.165) is 5.56 Å². The quantitative estimate of drug-likeness (QED) is 0.619. The summed E-state index contributed by atoms with van der Waals surface area (Å²) in [4.78, 5) is 17.2. The minimum atomic E-state index is -0.420. The molecule has 1 aromatic heterocycles. The van der Waals surface area contributed by atoms with E-state index in [1.54, 1.807) is 20.2 Å². The molecule has 0 saturated carbocycles. The average molecular weight is 192 g/mol. The summed E-state index contributed by atoms with van der Waals surface area (Å²) in [6.07, 6.45) is 1.30. The number of carbonyl (C=O) groups excluding carboxylic acids is 1. The Kier molecular flexibility index (Phi) is 1.91. The molecule has 74 valence electrons. The topological polar surface area (TPSA) is 42.4 Å². The third-order valence-electron chi connectivity index (χ3n) is 2.27. The van der Waals surface area contributed by atoms with Gasteiger partial charge in [-0.25, -0.2) is 4.98 Å². The number of rotatable bonds is 0. The molecule has 1 aliphatic heterocycles. The molecule has 1 aliphatic rings. The van der Waals surface area contributed by atoms with E-state index in [9.17, 15) is 4.79 Å². The van der Waals surface area contributed by atoms with Crippen LogP contribution in [0.2, 0.25) is 0 Å². The van der Waals surface area contributed by atoms with Crippen LogP contribution >= 0.6 is 0 Å². The number of amides is 1. The van der Waals surface area contributed by atoms with Gasteiger partial charge < -0.3 is 4.74 Å². The van der Waals surface area contributed by atoms with Crippen molar-refractivity contribution in [2.24, 2.45) is 0 Å². The van der Waals surface area contributed by atoms with Crippen molar-refractivity contribution in [3.8, 4) is 5.75 Å². The van der Waals surface area contributed by atoms with Crippen LogP contribution in [0.25, 0.3) is 0 Å². The largest absolute Gasteiger partial charge is 0.477 e. The molecule has 0 N–H and O–H groups in total. The zero-order valence-corrected chi connectivity index (χ0v) is 8.44. The molecular weight excluding hydrogens is 180 g/mol. The Hall–Kier alpha value is -1.58. The van der Waals surface area contributed by atoms with Crippen LogP contribution in [0.3, 0.4) is 0 Å². The fraction of sp³-hybridized carbons (Fsp3) is 0.400. The summed E-state index contributed by atoms with van der Waals surface area (Å²) in [5.41, 5.74) is 1.03. The van der Waals surface area contributed by atoms with Crippen molar-refractivity contribution in [3.05, 3.63) is 17.8 Å². The molecule has 0 radical (unpaired) electrons. The maximum Gasteiger partial charge on any atom is 0.268 e. The van der Waals surface area contributed by atoms with Crippen LogP contribution < -0.4 is 9.64 Å². The molecule has 0 aromatic carbocycles. The Balaban J connectivity index is 2.50. The number of fused-ring (bicyclic) bond motifs is 1. The van der Waals surface area contributed by atoms with Crippen LogP contribution in [0, 0.1) is 6.92 Å². The molecular formula is C10H12N2O2. The molecule has 0 aliphatic carbocycles. The van der Waals surface area contributed by atoms with Gasteiger partial charge in [0, 0.05) is 13.2 Å². The van der Waals surface area contributed by atoms with E-state index in [4.69, 9.17) is 4.74 Å². The molecule has 1 atom stereocenters. The Labute approximate surface area is 82.5 Å². The number of aryl methyl sites for hydroxylation is 1. The molecule has 0 saturated heterocycles. The van der Waals surface area contributed by atoms with Gasteiger partial charge in [-0.3, -0.25) is 9.69 Å². The number of ether oxygens (including phenoxy) is 1. The lowest BCUT2D eigenvalue weighted by Gasteiger charge is -2.29. The van der Waals surface area contributed by atoms with Crippen molar-refractivity contribution in [3.63, 3.8) is 0 Å². The van der Waals surface area contributed by atoms with Crippen molar-refractivity contribution in [1.29, 1.82) is 0 Å². The third-order valence-corrected chi connectivity index (χ3v) is 2.27. The zero-order valence-electron chi connectivity index (χ0n) is 8.44. The maximum absolute atomic E-state index is 11.5. The van der Waals surface area contributed by atoms with Crippen LogP contribution in [-0.4, -0.2) is 24.0 Å². The molecule has 4 nitrogen and oxygen atoms in total. The Morgan fingerprint density at radius 2 is 2.29 bits per heavy atom. The van der Waals surface area contributed by atoms with Crippen LogP contribution in [0.1, 0.15) is 12.5 Å². The van der Waals surface area contributed by atoms with Gasteiger partial charge in [0.1, 0.15) is 0 Å². The summed E-state index contributed by atoms with van der Waals surface area (Å²) < 4.78 is 5.44. The van der Waals surface area contributed by atoms with Crippen LogP contribution in [0.4, 0.5) is 5.82 Å². The third kappa shape index (κ3) is 1.23. The van der Waals surface area contributed by atoms with Crippen LogP contribution in [-0.2, 0) is 4.79 Å². The number of aromatic nitrogens is 1. The predicted molar refractivity (Wildman–Crippen MR) is 52.5 cm³/mol. The van der Waals surface area contributed by atoms with Gasteiger partial charge >= 0.3 is 0 Å². The van der Waals surface area contributed by atoms with Gasteiger partial charge in [0.25, 0.3) is 5.91 Å². The van der Waals surface area contributed by atoms with E-state index in [2.05, 4.69) is 4.98 Å². The summed E-state index contributed by atoms with van der Waals surface area (Å²) in [6.45, 7) is 3.68. The number of hydrogen-bond donors (Lipinski definition) is 0. The van der Waals surface area contributed by atoms with Crippen molar-refractivity contribution < 1.29 is 9.53 Å². The summed E-state index contributed by atoms with van der Waals surface area (Å²) in [7, 11) is 1.71. The summed E-state index contributed by atoms with van der Waals surface area (Å²) in [5.74, 6) is 1.21. The number of anilines is 1. The summed E-state index contributed by atoms with van der Waals surface area (Å²) in [5, 5.41) is 0. The smallest absolute Gasteiger partial charge is 0.268 e. The number of hydrogen-bond acceptors (Lipinski definition) is 3. The highest BCUT2D eigenvalue weighted by atomic mass is 16.5. The minimum Gasteiger partial charge on any atom is -0.477 e. The fourth-order valence-electron chi connectivity index (χ4n) is 1.49. The lowest BCUT2D eigenvalue weighted by Crippen LogP contribution is -2.42. The van der Waals surface area contributed by atoms with E-state index in [0.29, 0.717) is 11.6 Å². The number of likely N-dealkylation sites (N-methyl/N-ethyl adjacent to an activating group) is 1. The van der Waals surface area contributed by atoms with Crippen molar-refractivity contribution in [2.75, 3.05) is 11.9 Å². The Morgan fingerprint density at radius 3 is 3.00 bits per heavy atom. The van der Waals surface area contributed by atoms with Gasteiger partial charge in [-0.05, 0) is 25.5 Å².